The van der Waals surface area contributed by atoms with Gasteiger partial charge in [-0.05, 0) is 13.0 Å². The summed E-state index contributed by atoms with van der Waals surface area (Å²) in [7, 11) is 3.73. The average molecular weight is 289 g/mol. The number of rotatable bonds is 3. The minimum Gasteiger partial charge on any atom is -0.376 e. The Morgan fingerprint density at radius 2 is 2.19 bits per heavy atom. The van der Waals surface area contributed by atoms with E-state index in [1.807, 2.05) is 27.1 Å². The van der Waals surface area contributed by atoms with E-state index < -0.39 is 0 Å². The lowest BCUT2D eigenvalue weighted by Gasteiger charge is -2.13. The van der Waals surface area contributed by atoms with Crippen LogP contribution in [-0.4, -0.2) is 32.1 Å². The summed E-state index contributed by atoms with van der Waals surface area (Å²) in [6.45, 7) is 3.50. The normalized spacial score (nSPS) is 14.0. The minimum absolute atomic E-state index is 0.170. The van der Waals surface area contributed by atoms with Gasteiger partial charge in [0, 0.05) is 31.8 Å². The van der Waals surface area contributed by atoms with E-state index in [2.05, 4.69) is 15.5 Å². The highest BCUT2D eigenvalue weighted by atomic mass is 16.5. The first kappa shape index (κ1) is 13.8. The summed E-state index contributed by atoms with van der Waals surface area (Å²) >= 11 is 0. The maximum absolute atomic E-state index is 12.3. The van der Waals surface area contributed by atoms with E-state index in [4.69, 9.17) is 4.74 Å². The third kappa shape index (κ3) is 2.56. The highest BCUT2D eigenvalue weighted by Crippen LogP contribution is 2.20. The summed E-state index contributed by atoms with van der Waals surface area (Å²) in [4.78, 5) is 12.3. The van der Waals surface area contributed by atoms with Crippen LogP contribution in [-0.2, 0) is 38.4 Å². The lowest BCUT2D eigenvalue weighted by molar-refractivity contribution is 0.0922. The predicted molar refractivity (Wildman–Crippen MR) is 75.7 cm³/mol. The third-order valence-corrected chi connectivity index (χ3v) is 3.75. The van der Waals surface area contributed by atoms with E-state index in [9.17, 15) is 4.79 Å². The summed E-state index contributed by atoms with van der Waals surface area (Å²) in [5.74, 6) is -0.170. The molecule has 1 N–H and O–H groups in total. The van der Waals surface area contributed by atoms with E-state index >= 15 is 0 Å². The molecule has 7 heteroatoms. The van der Waals surface area contributed by atoms with Gasteiger partial charge in [0.1, 0.15) is 0 Å². The molecular weight excluding hydrogens is 270 g/mol. The molecule has 0 radical (unpaired) electrons. The molecule has 0 unspecified atom stereocenters. The molecule has 0 bridgehead atoms. The first-order valence-electron chi connectivity index (χ1n) is 6.96. The fourth-order valence-corrected chi connectivity index (χ4v) is 2.68. The molecule has 0 fully saturated rings. The molecule has 0 aliphatic carbocycles. The average Bonchev–Trinajstić information content (AvgIpc) is 2.97. The van der Waals surface area contributed by atoms with Gasteiger partial charge >= 0.3 is 0 Å². The van der Waals surface area contributed by atoms with Gasteiger partial charge in [0.25, 0.3) is 5.91 Å². The van der Waals surface area contributed by atoms with Crippen LogP contribution in [0.2, 0.25) is 0 Å². The molecule has 2 aromatic heterocycles. The molecule has 0 atom stereocenters. The van der Waals surface area contributed by atoms with Crippen LogP contribution in [0.1, 0.15) is 33.1 Å². The highest BCUT2D eigenvalue weighted by molar-refractivity contribution is 5.94. The summed E-state index contributed by atoms with van der Waals surface area (Å²) in [5.41, 5.74) is 4.35. The quantitative estimate of drug-likeness (QED) is 0.891. The third-order valence-electron chi connectivity index (χ3n) is 3.75. The van der Waals surface area contributed by atoms with E-state index in [-0.39, 0.29) is 5.91 Å². The molecule has 0 saturated carbocycles. The van der Waals surface area contributed by atoms with Gasteiger partial charge < -0.3 is 10.1 Å². The molecule has 0 aromatic carbocycles. The van der Waals surface area contributed by atoms with Crippen LogP contribution in [0.4, 0.5) is 0 Å². The molecule has 0 saturated heterocycles. The monoisotopic (exact) mass is 289 g/mol. The fourth-order valence-electron chi connectivity index (χ4n) is 2.68. The van der Waals surface area contributed by atoms with Gasteiger partial charge in [0.15, 0.2) is 5.69 Å². The molecule has 3 heterocycles. The Kier molecular flexibility index (Phi) is 3.50. The number of amides is 1. The number of nitrogens with one attached hydrogen (secondary N) is 1. The van der Waals surface area contributed by atoms with Gasteiger partial charge in [-0.2, -0.15) is 10.2 Å². The van der Waals surface area contributed by atoms with Crippen molar-refractivity contribution in [3.8, 4) is 0 Å². The Balaban J connectivity index is 1.75. The standard InChI is InChI=1S/C14H19N5O2/c1-9-6-10(18(2)16-9)7-15-14(20)13-11-8-21-5-4-12(11)19(3)17-13/h6H,4-5,7-8H2,1-3H3,(H,15,20). The Hall–Kier alpha value is -2.15. The number of carbonyl (C=O) groups excluding carboxylic acids is 1. The van der Waals surface area contributed by atoms with Crippen LogP contribution in [0.15, 0.2) is 6.07 Å². The van der Waals surface area contributed by atoms with Crippen molar-refractivity contribution in [2.45, 2.75) is 26.5 Å². The summed E-state index contributed by atoms with van der Waals surface area (Å²) in [6.07, 6.45) is 0.799. The molecule has 0 spiro atoms. The van der Waals surface area contributed by atoms with Crippen molar-refractivity contribution in [1.29, 1.82) is 0 Å². The summed E-state index contributed by atoms with van der Waals surface area (Å²) in [6, 6.07) is 1.96. The topological polar surface area (TPSA) is 74.0 Å². The second-order valence-corrected chi connectivity index (χ2v) is 5.28. The molecule has 112 valence electrons. The van der Waals surface area contributed by atoms with Crippen LogP contribution < -0.4 is 5.32 Å². The number of fused-ring (bicyclic) bond motifs is 1. The van der Waals surface area contributed by atoms with Crippen molar-refractivity contribution in [1.82, 2.24) is 24.9 Å². The summed E-state index contributed by atoms with van der Waals surface area (Å²) < 4.78 is 8.99. The van der Waals surface area contributed by atoms with E-state index in [1.165, 1.54) is 0 Å². The fraction of sp³-hybridized carbons (Fsp3) is 0.500. The Morgan fingerprint density at radius 1 is 1.38 bits per heavy atom. The number of ether oxygens (including phenoxy) is 1. The molecule has 7 nitrogen and oxygen atoms in total. The van der Waals surface area contributed by atoms with Crippen molar-refractivity contribution < 1.29 is 9.53 Å². The molecule has 1 amide bonds. The number of aryl methyl sites for hydroxylation is 3. The van der Waals surface area contributed by atoms with Gasteiger partial charge in [-0.15, -0.1) is 0 Å². The molecule has 1 aliphatic rings. The highest BCUT2D eigenvalue weighted by Gasteiger charge is 2.24. The number of nitrogens with zero attached hydrogens (tertiary/aromatic N) is 4. The first-order valence-corrected chi connectivity index (χ1v) is 6.96. The zero-order valence-corrected chi connectivity index (χ0v) is 12.5. The van der Waals surface area contributed by atoms with Gasteiger partial charge in [0.05, 0.1) is 31.1 Å². The molecule has 1 aliphatic heterocycles. The number of carbonyl (C=O) groups is 1. The van der Waals surface area contributed by atoms with Crippen LogP contribution in [0.5, 0.6) is 0 Å². The molecule has 3 rings (SSSR count). The molecule has 21 heavy (non-hydrogen) atoms. The van der Waals surface area contributed by atoms with E-state index in [0.29, 0.717) is 25.5 Å². The first-order chi connectivity index (χ1) is 10.1. The van der Waals surface area contributed by atoms with Crippen molar-refractivity contribution in [3.63, 3.8) is 0 Å². The number of aromatic nitrogens is 4. The van der Waals surface area contributed by atoms with Crippen LogP contribution in [0.3, 0.4) is 0 Å². The summed E-state index contributed by atoms with van der Waals surface area (Å²) in [5, 5.41) is 11.5. The second kappa shape index (κ2) is 5.33. The van der Waals surface area contributed by atoms with Gasteiger partial charge in [-0.25, -0.2) is 0 Å². The van der Waals surface area contributed by atoms with E-state index in [0.717, 1.165) is 29.1 Å². The number of hydrogen-bond donors (Lipinski definition) is 1. The SMILES string of the molecule is Cc1cc(CNC(=O)c2nn(C)c3c2COCC3)n(C)n1. The van der Waals surface area contributed by atoms with Crippen LogP contribution in [0, 0.1) is 6.92 Å². The lowest BCUT2D eigenvalue weighted by atomic mass is 10.1. The predicted octanol–water partition coefficient (Wildman–Crippen LogP) is 0.465. The van der Waals surface area contributed by atoms with Gasteiger partial charge in [-0.3, -0.25) is 14.2 Å². The second-order valence-electron chi connectivity index (χ2n) is 5.28. The minimum atomic E-state index is -0.170. The molecular formula is C14H19N5O2. The Morgan fingerprint density at radius 3 is 2.90 bits per heavy atom. The van der Waals surface area contributed by atoms with Crippen LogP contribution in [0.25, 0.3) is 0 Å². The Labute approximate surface area is 122 Å². The molecule has 2 aromatic rings. The van der Waals surface area contributed by atoms with Crippen molar-refractivity contribution in [2.75, 3.05) is 6.61 Å². The van der Waals surface area contributed by atoms with Crippen LogP contribution >= 0.6 is 0 Å². The lowest BCUT2D eigenvalue weighted by Crippen LogP contribution is -2.26. The van der Waals surface area contributed by atoms with Crippen molar-refractivity contribution in [3.05, 3.63) is 34.4 Å². The smallest absolute Gasteiger partial charge is 0.272 e. The zero-order chi connectivity index (χ0) is 15.0. The van der Waals surface area contributed by atoms with E-state index in [1.54, 1.807) is 9.36 Å². The maximum Gasteiger partial charge on any atom is 0.272 e. The van der Waals surface area contributed by atoms with Gasteiger partial charge in [-0.1, -0.05) is 0 Å². The largest absolute Gasteiger partial charge is 0.376 e. The van der Waals surface area contributed by atoms with Crippen molar-refractivity contribution >= 4 is 5.91 Å². The van der Waals surface area contributed by atoms with Crippen molar-refractivity contribution in [2.24, 2.45) is 14.1 Å². The Bertz CT molecular complexity index is 686. The number of hydrogen-bond acceptors (Lipinski definition) is 4. The van der Waals surface area contributed by atoms with Gasteiger partial charge in [0.2, 0.25) is 0 Å². The zero-order valence-electron chi connectivity index (χ0n) is 12.5. The maximum atomic E-state index is 12.3.